The first-order chi connectivity index (χ1) is 11.2. The number of thiazole rings is 1. The molecule has 2 aromatic heterocycles. The highest BCUT2D eigenvalue weighted by Crippen LogP contribution is 2.19. The van der Waals surface area contributed by atoms with Crippen molar-refractivity contribution in [3.8, 4) is 5.75 Å². The van der Waals surface area contributed by atoms with Gasteiger partial charge in [0.2, 0.25) is 0 Å². The second-order valence-corrected chi connectivity index (χ2v) is 5.47. The summed E-state index contributed by atoms with van der Waals surface area (Å²) in [5.74, 6) is 1.15. The largest absolute Gasteiger partial charge is 0.487 e. The number of benzene rings is 1. The summed E-state index contributed by atoms with van der Waals surface area (Å²) in [6.45, 7) is 0.396. The van der Waals surface area contributed by atoms with Gasteiger partial charge in [0.1, 0.15) is 12.4 Å². The molecule has 0 saturated heterocycles. The van der Waals surface area contributed by atoms with Crippen molar-refractivity contribution in [1.82, 2.24) is 14.8 Å². The van der Waals surface area contributed by atoms with Crippen molar-refractivity contribution in [3.63, 3.8) is 0 Å². The monoisotopic (exact) mass is 329 g/mol. The Morgan fingerprint density at radius 3 is 3.00 bits per heavy atom. The van der Waals surface area contributed by atoms with Crippen molar-refractivity contribution in [2.45, 2.75) is 6.61 Å². The van der Waals surface area contributed by atoms with Crippen LogP contribution in [-0.2, 0) is 13.7 Å². The van der Waals surface area contributed by atoms with Gasteiger partial charge in [-0.15, -0.1) is 11.3 Å². The molecule has 2 heterocycles. The fourth-order valence-electron chi connectivity index (χ4n) is 1.89. The molecule has 7 nitrogen and oxygen atoms in total. The molecular weight excluding hydrogens is 314 g/mol. The molecule has 0 fully saturated rings. The topological polar surface area (TPSA) is 81.1 Å². The summed E-state index contributed by atoms with van der Waals surface area (Å²) in [5.41, 5.74) is 3.27. The summed E-state index contributed by atoms with van der Waals surface area (Å²) in [6.07, 6.45) is 1.75. The van der Waals surface area contributed by atoms with Gasteiger partial charge in [-0.05, 0) is 12.1 Å². The Morgan fingerprint density at radius 1 is 1.35 bits per heavy atom. The van der Waals surface area contributed by atoms with Crippen LogP contribution in [0.4, 0.5) is 16.3 Å². The molecule has 0 radical (unpaired) electrons. The van der Waals surface area contributed by atoms with Crippen molar-refractivity contribution >= 4 is 28.9 Å². The lowest BCUT2D eigenvalue weighted by molar-refractivity contribution is 0.262. The molecule has 0 aliphatic carbocycles. The molecule has 118 valence electrons. The van der Waals surface area contributed by atoms with E-state index in [2.05, 4.69) is 20.7 Å². The second-order valence-electron chi connectivity index (χ2n) is 4.75. The lowest BCUT2D eigenvalue weighted by atomic mass is 10.3. The van der Waals surface area contributed by atoms with Gasteiger partial charge in [-0.1, -0.05) is 6.07 Å². The number of amides is 2. The Morgan fingerprint density at radius 2 is 2.26 bits per heavy atom. The van der Waals surface area contributed by atoms with Gasteiger partial charge in [0.25, 0.3) is 0 Å². The average molecular weight is 329 g/mol. The molecule has 3 rings (SSSR count). The van der Waals surface area contributed by atoms with Gasteiger partial charge in [-0.3, -0.25) is 10.00 Å². The molecule has 0 bridgehead atoms. The zero-order valence-electron chi connectivity index (χ0n) is 12.4. The maximum atomic E-state index is 11.9. The maximum Gasteiger partial charge on any atom is 0.324 e. The summed E-state index contributed by atoms with van der Waals surface area (Å²) in [4.78, 5) is 16.1. The smallest absolute Gasteiger partial charge is 0.324 e. The summed E-state index contributed by atoms with van der Waals surface area (Å²) in [7, 11) is 1.78. The Hall–Kier alpha value is -2.87. The number of nitrogens with one attached hydrogen (secondary N) is 2. The van der Waals surface area contributed by atoms with Gasteiger partial charge < -0.3 is 10.1 Å². The van der Waals surface area contributed by atoms with Gasteiger partial charge in [0.05, 0.1) is 11.2 Å². The zero-order chi connectivity index (χ0) is 16.1. The first kappa shape index (κ1) is 15.0. The third-order valence-corrected chi connectivity index (χ3v) is 3.55. The molecule has 0 atom stereocenters. The molecule has 0 saturated carbocycles. The minimum Gasteiger partial charge on any atom is -0.487 e. The third-order valence-electron chi connectivity index (χ3n) is 2.92. The molecule has 0 aliphatic heterocycles. The number of carbonyl (C=O) groups excluding carboxylic acids is 1. The Labute approximate surface area is 136 Å². The van der Waals surface area contributed by atoms with E-state index in [0.29, 0.717) is 23.9 Å². The normalized spacial score (nSPS) is 10.3. The predicted octanol–water partition coefficient (Wildman–Crippen LogP) is 3.10. The van der Waals surface area contributed by atoms with Crippen LogP contribution in [-0.4, -0.2) is 20.8 Å². The SMILES string of the molecule is Cn1ccc(NC(=O)Nc2cccc(OCc3cscn3)c2)n1. The highest BCUT2D eigenvalue weighted by Gasteiger charge is 2.06. The minimum absolute atomic E-state index is 0.361. The standard InChI is InChI=1S/C15H15N5O2S/c1-20-6-5-14(19-20)18-15(21)17-11-3-2-4-13(7-11)22-8-12-9-23-10-16-12/h2-7,9-10H,8H2,1H3,(H2,17,18,19,21). The van der Waals surface area contributed by atoms with Gasteiger partial charge in [-0.2, -0.15) is 5.10 Å². The van der Waals surface area contributed by atoms with Crippen LogP contribution in [0.3, 0.4) is 0 Å². The number of aromatic nitrogens is 3. The third kappa shape index (κ3) is 4.30. The number of hydrogen-bond acceptors (Lipinski definition) is 5. The van der Waals surface area contributed by atoms with Crippen molar-refractivity contribution in [3.05, 3.63) is 53.1 Å². The molecule has 0 unspecified atom stereocenters. The van der Waals surface area contributed by atoms with E-state index >= 15 is 0 Å². The van der Waals surface area contributed by atoms with Crippen LogP contribution < -0.4 is 15.4 Å². The first-order valence-electron chi connectivity index (χ1n) is 6.86. The summed E-state index contributed by atoms with van der Waals surface area (Å²) < 4.78 is 7.26. The van der Waals surface area contributed by atoms with Gasteiger partial charge in [-0.25, -0.2) is 9.78 Å². The van der Waals surface area contributed by atoms with E-state index in [4.69, 9.17) is 4.74 Å². The van der Waals surface area contributed by atoms with E-state index in [1.807, 2.05) is 17.5 Å². The zero-order valence-corrected chi connectivity index (χ0v) is 13.2. The lowest BCUT2D eigenvalue weighted by Gasteiger charge is -2.08. The van der Waals surface area contributed by atoms with E-state index in [0.717, 1.165) is 5.69 Å². The molecule has 1 aromatic carbocycles. The van der Waals surface area contributed by atoms with E-state index in [9.17, 15) is 4.79 Å². The van der Waals surface area contributed by atoms with Crippen molar-refractivity contribution in [1.29, 1.82) is 0 Å². The Bertz CT molecular complexity index is 785. The first-order valence-corrected chi connectivity index (χ1v) is 7.81. The average Bonchev–Trinajstić information content (AvgIpc) is 3.17. The van der Waals surface area contributed by atoms with Crippen LogP contribution in [0.1, 0.15) is 5.69 Å². The number of urea groups is 1. The molecule has 3 aromatic rings. The number of hydrogen-bond donors (Lipinski definition) is 2. The van der Waals surface area contributed by atoms with Crippen LogP contribution in [0.2, 0.25) is 0 Å². The minimum atomic E-state index is -0.361. The number of carbonyl (C=O) groups is 1. The van der Waals surface area contributed by atoms with E-state index in [1.54, 1.807) is 41.6 Å². The fraction of sp³-hybridized carbons (Fsp3) is 0.133. The molecular formula is C15H15N5O2S. The summed E-state index contributed by atoms with van der Waals surface area (Å²) in [6, 6.07) is 8.53. The van der Waals surface area contributed by atoms with Crippen LogP contribution >= 0.6 is 11.3 Å². The number of anilines is 2. The molecule has 0 spiro atoms. The number of nitrogens with zero attached hydrogens (tertiary/aromatic N) is 3. The molecule has 23 heavy (non-hydrogen) atoms. The van der Waals surface area contributed by atoms with Crippen molar-refractivity contribution in [2.75, 3.05) is 10.6 Å². The summed E-state index contributed by atoms with van der Waals surface area (Å²) >= 11 is 1.52. The quantitative estimate of drug-likeness (QED) is 0.753. The van der Waals surface area contributed by atoms with E-state index in [-0.39, 0.29) is 6.03 Å². The molecule has 8 heteroatoms. The highest BCUT2D eigenvalue weighted by atomic mass is 32.1. The van der Waals surface area contributed by atoms with Crippen LogP contribution in [0.5, 0.6) is 5.75 Å². The maximum absolute atomic E-state index is 11.9. The van der Waals surface area contributed by atoms with Gasteiger partial charge >= 0.3 is 6.03 Å². The Balaban J connectivity index is 1.57. The number of rotatable bonds is 5. The predicted molar refractivity (Wildman–Crippen MR) is 88.7 cm³/mol. The molecule has 2 amide bonds. The van der Waals surface area contributed by atoms with Crippen LogP contribution in [0.15, 0.2) is 47.4 Å². The highest BCUT2D eigenvalue weighted by molar-refractivity contribution is 7.07. The summed E-state index contributed by atoms with van der Waals surface area (Å²) in [5, 5.41) is 11.4. The van der Waals surface area contributed by atoms with Crippen LogP contribution in [0.25, 0.3) is 0 Å². The molecule has 0 aliphatic rings. The van der Waals surface area contributed by atoms with E-state index < -0.39 is 0 Å². The van der Waals surface area contributed by atoms with E-state index in [1.165, 1.54) is 11.3 Å². The molecule has 2 N–H and O–H groups in total. The van der Waals surface area contributed by atoms with Crippen LogP contribution in [0, 0.1) is 0 Å². The van der Waals surface area contributed by atoms with Crippen molar-refractivity contribution < 1.29 is 9.53 Å². The van der Waals surface area contributed by atoms with Gasteiger partial charge in [0.15, 0.2) is 5.82 Å². The van der Waals surface area contributed by atoms with Crippen molar-refractivity contribution in [2.24, 2.45) is 7.05 Å². The lowest BCUT2D eigenvalue weighted by Crippen LogP contribution is -2.19. The number of aryl methyl sites for hydroxylation is 1. The number of ether oxygens (including phenoxy) is 1. The Kier molecular flexibility index (Phi) is 4.53. The van der Waals surface area contributed by atoms with Gasteiger partial charge in [0, 0.05) is 36.4 Å². The fourth-order valence-corrected chi connectivity index (χ4v) is 2.43. The second kappa shape index (κ2) is 6.93.